The summed E-state index contributed by atoms with van der Waals surface area (Å²) < 4.78 is 24.6. The molecule has 0 aromatic rings. The van der Waals surface area contributed by atoms with Crippen LogP contribution in [0.1, 0.15) is 45.4 Å². The Morgan fingerprint density at radius 3 is 2.57 bits per heavy atom. The molecule has 6 nitrogen and oxygen atoms in total. The van der Waals surface area contributed by atoms with Crippen molar-refractivity contribution in [3.05, 3.63) is 0 Å². The van der Waals surface area contributed by atoms with Crippen molar-refractivity contribution < 1.29 is 13.2 Å². The minimum absolute atomic E-state index is 0.0927. The van der Waals surface area contributed by atoms with Crippen molar-refractivity contribution >= 4 is 16.1 Å². The van der Waals surface area contributed by atoms with E-state index < -0.39 is 10.0 Å². The fraction of sp³-hybridized carbons (Fsp3) is 0.929. The van der Waals surface area contributed by atoms with E-state index >= 15 is 0 Å². The van der Waals surface area contributed by atoms with Gasteiger partial charge in [-0.15, -0.1) is 0 Å². The quantitative estimate of drug-likeness (QED) is 0.820. The molecule has 0 aromatic heterocycles. The fourth-order valence-corrected chi connectivity index (χ4v) is 4.21. The Kier molecular flexibility index (Phi) is 5.14. The Morgan fingerprint density at radius 1 is 1.29 bits per heavy atom. The number of amides is 2. The number of piperidine rings is 1. The normalized spacial score (nSPS) is 26.5. The van der Waals surface area contributed by atoms with Crippen LogP contribution in [-0.2, 0) is 10.0 Å². The molecular formula is C14H27N3O3S. The smallest absolute Gasteiger partial charge is 0.315 e. The average Bonchev–Trinajstić information content (AvgIpc) is 2.83. The molecule has 0 radical (unpaired) electrons. The highest BCUT2D eigenvalue weighted by Gasteiger charge is 2.30. The molecule has 1 aliphatic heterocycles. The zero-order valence-electron chi connectivity index (χ0n) is 13.0. The van der Waals surface area contributed by atoms with Crippen molar-refractivity contribution in [2.75, 3.05) is 25.9 Å². The third-order valence-electron chi connectivity index (χ3n) is 4.67. The molecule has 7 heteroatoms. The zero-order chi connectivity index (χ0) is 15.5. The van der Waals surface area contributed by atoms with E-state index in [2.05, 4.69) is 17.6 Å². The lowest BCUT2D eigenvalue weighted by atomic mass is 9.89. The molecule has 2 amide bonds. The number of nitrogens with one attached hydrogen (secondary N) is 2. The number of rotatable bonds is 4. The Bertz CT molecular complexity index is 472. The molecule has 1 saturated carbocycles. The molecule has 21 heavy (non-hydrogen) atoms. The number of carbonyl (C=O) groups is 1. The number of hydrogen-bond donors (Lipinski definition) is 2. The number of urea groups is 1. The summed E-state index contributed by atoms with van der Waals surface area (Å²) in [7, 11) is -3.17. The van der Waals surface area contributed by atoms with Crippen molar-refractivity contribution in [3.8, 4) is 0 Å². The molecule has 2 N–H and O–H groups in total. The van der Waals surface area contributed by atoms with Gasteiger partial charge in [-0.3, -0.25) is 0 Å². The van der Waals surface area contributed by atoms with Crippen molar-refractivity contribution in [1.29, 1.82) is 0 Å². The molecule has 1 aliphatic carbocycles. The van der Waals surface area contributed by atoms with Crippen LogP contribution in [0.15, 0.2) is 0 Å². The van der Waals surface area contributed by atoms with Crippen LogP contribution in [0, 0.1) is 5.41 Å². The van der Waals surface area contributed by atoms with Crippen LogP contribution < -0.4 is 10.6 Å². The van der Waals surface area contributed by atoms with E-state index in [-0.39, 0.29) is 17.5 Å². The lowest BCUT2D eigenvalue weighted by Gasteiger charge is -2.32. The summed E-state index contributed by atoms with van der Waals surface area (Å²) in [5, 5.41) is 5.85. The molecule has 2 rings (SSSR count). The number of hydrogen-bond acceptors (Lipinski definition) is 3. The van der Waals surface area contributed by atoms with Gasteiger partial charge >= 0.3 is 6.03 Å². The SMILES string of the molecule is CC1(CNC(=O)N[C@H]2CCCN(S(C)(=O)=O)C2)CCCC1. The Morgan fingerprint density at radius 2 is 1.95 bits per heavy atom. The second kappa shape index (κ2) is 6.52. The van der Waals surface area contributed by atoms with Crippen molar-refractivity contribution in [1.82, 2.24) is 14.9 Å². The van der Waals surface area contributed by atoms with Crippen LogP contribution in [0.3, 0.4) is 0 Å². The van der Waals surface area contributed by atoms with Crippen LogP contribution in [0.5, 0.6) is 0 Å². The minimum atomic E-state index is -3.17. The second-order valence-corrected chi connectivity index (χ2v) is 8.79. The molecule has 122 valence electrons. The maximum Gasteiger partial charge on any atom is 0.315 e. The predicted molar refractivity (Wildman–Crippen MR) is 82.5 cm³/mol. The molecule has 0 bridgehead atoms. The molecular weight excluding hydrogens is 290 g/mol. The zero-order valence-corrected chi connectivity index (χ0v) is 13.8. The number of nitrogens with zero attached hydrogens (tertiary/aromatic N) is 1. The molecule has 2 aliphatic rings. The van der Waals surface area contributed by atoms with Gasteiger partial charge in [0.05, 0.1) is 6.26 Å². The van der Waals surface area contributed by atoms with E-state index in [1.807, 2.05) is 0 Å². The summed E-state index contributed by atoms with van der Waals surface area (Å²) in [5.74, 6) is 0. The van der Waals surface area contributed by atoms with E-state index in [1.165, 1.54) is 36.2 Å². The Labute approximate surface area is 127 Å². The highest BCUT2D eigenvalue weighted by molar-refractivity contribution is 7.88. The number of sulfonamides is 1. The van der Waals surface area contributed by atoms with Crippen LogP contribution >= 0.6 is 0 Å². The highest BCUT2D eigenvalue weighted by atomic mass is 32.2. The summed E-state index contributed by atoms with van der Waals surface area (Å²) in [6, 6.07) is -0.270. The molecule has 0 unspecified atom stereocenters. The van der Waals surface area contributed by atoms with Crippen LogP contribution in [0.25, 0.3) is 0 Å². The molecule has 2 fully saturated rings. The van der Waals surface area contributed by atoms with Gasteiger partial charge < -0.3 is 10.6 Å². The first-order valence-electron chi connectivity index (χ1n) is 7.78. The third kappa shape index (κ3) is 4.85. The molecule has 1 atom stereocenters. The summed E-state index contributed by atoms with van der Waals surface area (Å²) in [6.45, 7) is 3.84. The van der Waals surface area contributed by atoms with Gasteiger partial charge in [0, 0.05) is 25.7 Å². The van der Waals surface area contributed by atoms with Crippen molar-refractivity contribution in [3.63, 3.8) is 0 Å². The van der Waals surface area contributed by atoms with Gasteiger partial charge in [0.2, 0.25) is 10.0 Å². The Hall–Kier alpha value is -0.820. The maximum absolute atomic E-state index is 12.0. The molecule has 1 heterocycles. The van der Waals surface area contributed by atoms with Gasteiger partial charge in [-0.1, -0.05) is 19.8 Å². The van der Waals surface area contributed by atoms with Crippen molar-refractivity contribution in [2.45, 2.75) is 51.5 Å². The van der Waals surface area contributed by atoms with Crippen LogP contribution in [0.2, 0.25) is 0 Å². The monoisotopic (exact) mass is 317 g/mol. The van der Waals surface area contributed by atoms with Crippen molar-refractivity contribution in [2.24, 2.45) is 5.41 Å². The largest absolute Gasteiger partial charge is 0.338 e. The predicted octanol–water partition coefficient (Wildman–Crippen LogP) is 1.29. The molecule has 1 saturated heterocycles. The fourth-order valence-electron chi connectivity index (χ4n) is 3.30. The Balaban J connectivity index is 1.77. The molecule has 0 spiro atoms. The lowest BCUT2D eigenvalue weighted by molar-refractivity contribution is 0.218. The number of carbonyl (C=O) groups excluding carboxylic acids is 1. The topological polar surface area (TPSA) is 78.5 Å². The summed E-state index contributed by atoms with van der Waals surface area (Å²) in [6.07, 6.45) is 7.65. The standard InChI is InChI=1S/C14H27N3O3S/c1-14(7-3-4-8-14)11-15-13(18)16-12-6-5-9-17(10-12)21(2,19)20/h12H,3-11H2,1-2H3,(H2,15,16,18)/t12-/m0/s1. The van der Waals surface area contributed by atoms with E-state index in [1.54, 1.807) is 0 Å². The first kappa shape index (κ1) is 16.5. The van der Waals surface area contributed by atoms with Gasteiger partial charge in [0.15, 0.2) is 0 Å². The van der Waals surface area contributed by atoms with E-state index in [0.717, 1.165) is 12.8 Å². The second-order valence-electron chi connectivity index (χ2n) is 6.80. The van der Waals surface area contributed by atoms with Gasteiger partial charge in [-0.2, -0.15) is 0 Å². The first-order valence-corrected chi connectivity index (χ1v) is 9.63. The van der Waals surface area contributed by atoms with Crippen LogP contribution in [-0.4, -0.2) is 50.7 Å². The summed E-state index contributed by atoms with van der Waals surface area (Å²) in [4.78, 5) is 12.0. The van der Waals surface area contributed by atoms with Gasteiger partial charge in [-0.25, -0.2) is 17.5 Å². The summed E-state index contributed by atoms with van der Waals surface area (Å²) >= 11 is 0. The average molecular weight is 317 g/mol. The van der Waals surface area contributed by atoms with Crippen LogP contribution in [0.4, 0.5) is 4.79 Å². The maximum atomic E-state index is 12.0. The third-order valence-corrected chi connectivity index (χ3v) is 5.94. The minimum Gasteiger partial charge on any atom is -0.338 e. The van der Waals surface area contributed by atoms with Gasteiger partial charge in [0.1, 0.15) is 0 Å². The van der Waals surface area contributed by atoms with E-state index in [9.17, 15) is 13.2 Å². The summed E-state index contributed by atoms with van der Waals surface area (Å²) in [5.41, 5.74) is 0.225. The first-order chi connectivity index (χ1) is 9.78. The van der Waals surface area contributed by atoms with E-state index in [4.69, 9.17) is 0 Å². The highest BCUT2D eigenvalue weighted by Crippen LogP contribution is 2.36. The van der Waals surface area contributed by atoms with Gasteiger partial charge in [0.25, 0.3) is 0 Å². The lowest BCUT2D eigenvalue weighted by Crippen LogP contribution is -2.52. The van der Waals surface area contributed by atoms with E-state index in [0.29, 0.717) is 19.6 Å². The molecule has 0 aromatic carbocycles. The van der Waals surface area contributed by atoms with Gasteiger partial charge in [-0.05, 0) is 31.1 Å².